The molecule has 1 heterocycles. The number of amides is 1. The smallest absolute Gasteiger partial charge is 0.265 e. The van der Waals surface area contributed by atoms with Crippen molar-refractivity contribution in [3.8, 4) is 0 Å². The van der Waals surface area contributed by atoms with Crippen LogP contribution in [0.25, 0.3) is 0 Å². The predicted molar refractivity (Wildman–Crippen MR) is 78.9 cm³/mol. The first kappa shape index (κ1) is 13.5. The molecule has 0 saturated heterocycles. The number of carbonyl (C=O) groups excluding carboxylic acids is 1. The van der Waals surface area contributed by atoms with Gasteiger partial charge in [-0.25, -0.2) is 5.43 Å². The summed E-state index contributed by atoms with van der Waals surface area (Å²) in [7, 11) is 0. The van der Waals surface area contributed by atoms with Crippen molar-refractivity contribution in [1.82, 2.24) is 10.9 Å². The zero-order chi connectivity index (χ0) is 13.5. The Bertz CT molecular complexity index is 522. The molecule has 1 amide bonds. The zero-order valence-corrected chi connectivity index (χ0v) is 11.3. The molecule has 0 bridgehead atoms. The van der Waals surface area contributed by atoms with E-state index in [2.05, 4.69) is 17.4 Å². The summed E-state index contributed by atoms with van der Waals surface area (Å²) in [4.78, 5) is 13.1. The Morgan fingerprint density at radius 3 is 2.68 bits per heavy atom. The highest BCUT2D eigenvalue weighted by atomic mass is 32.1. The van der Waals surface area contributed by atoms with E-state index < -0.39 is 0 Å². The summed E-state index contributed by atoms with van der Waals surface area (Å²) in [6, 6.07) is 13.2. The summed E-state index contributed by atoms with van der Waals surface area (Å²) >= 11 is 1.66. The summed E-state index contributed by atoms with van der Waals surface area (Å²) < 4.78 is 0. The van der Waals surface area contributed by atoms with Crippen molar-refractivity contribution >= 4 is 17.2 Å². The van der Waals surface area contributed by atoms with Crippen molar-refractivity contribution in [2.24, 2.45) is 0 Å². The number of carbonyl (C=O) groups is 1. The van der Waals surface area contributed by atoms with Gasteiger partial charge in [-0.3, -0.25) is 10.2 Å². The molecule has 1 aromatic carbocycles. The Hall–Kier alpha value is -1.91. The Labute approximate surface area is 116 Å². The molecule has 0 unspecified atom stereocenters. The second-order valence-corrected chi connectivity index (χ2v) is 5.04. The molecule has 0 radical (unpaired) electrons. The van der Waals surface area contributed by atoms with Crippen molar-refractivity contribution in [3.63, 3.8) is 0 Å². The number of rotatable bonds is 6. The van der Waals surface area contributed by atoms with Gasteiger partial charge in [-0.1, -0.05) is 30.3 Å². The predicted octanol–water partition coefficient (Wildman–Crippen LogP) is 3.30. The summed E-state index contributed by atoms with van der Waals surface area (Å²) in [6.45, 7) is 3.75. The van der Waals surface area contributed by atoms with E-state index in [1.54, 1.807) is 23.5 Å². The normalized spacial score (nSPS) is 11.8. The van der Waals surface area contributed by atoms with Crippen LogP contribution in [0.15, 0.2) is 60.5 Å². The van der Waals surface area contributed by atoms with Crippen LogP contribution in [-0.2, 0) is 0 Å². The number of thiophene rings is 1. The molecule has 0 fully saturated rings. The molecular formula is C15H16N2OS. The molecular weight excluding hydrogens is 256 g/mol. The maximum Gasteiger partial charge on any atom is 0.265 e. The minimum Gasteiger partial charge on any atom is -0.287 e. The van der Waals surface area contributed by atoms with Gasteiger partial charge in [-0.05, 0) is 30.0 Å². The average molecular weight is 272 g/mol. The Morgan fingerprint density at radius 2 is 2.05 bits per heavy atom. The first-order valence-electron chi connectivity index (χ1n) is 6.06. The quantitative estimate of drug-likeness (QED) is 0.626. The molecule has 3 nitrogen and oxygen atoms in total. The summed E-state index contributed by atoms with van der Waals surface area (Å²) in [5.41, 5.74) is 6.44. The van der Waals surface area contributed by atoms with Crippen LogP contribution in [0.3, 0.4) is 0 Å². The van der Waals surface area contributed by atoms with E-state index in [0.717, 1.165) is 6.42 Å². The van der Waals surface area contributed by atoms with Crippen LogP contribution in [0.2, 0.25) is 0 Å². The molecule has 0 saturated carbocycles. The molecule has 0 aliphatic heterocycles. The first-order chi connectivity index (χ1) is 9.31. The lowest BCUT2D eigenvalue weighted by Gasteiger charge is -2.16. The van der Waals surface area contributed by atoms with E-state index in [4.69, 9.17) is 0 Å². The van der Waals surface area contributed by atoms with Gasteiger partial charge in [0.05, 0.1) is 6.04 Å². The van der Waals surface area contributed by atoms with Crippen LogP contribution >= 0.6 is 11.3 Å². The van der Waals surface area contributed by atoms with Crippen molar-refractivity contribution in [2.45, 2.75) is 12.5 Å². The third-order valence-electron chi connectivity index (χ3n) is 2.68. The van der Waals surface area contributed by atoms with Gasteiger partial charge in [0.1, 0.15) is 0 Å². The van der Waals surface area contributed by atoms with E-state index >= 15 is 0 Å². The molecule has 98 valence electrons. The Morgan fingerprint density at radius 1 is 1.26 bits per heavy atom. The van der Waals surface area contributed by atoms with Gasteiger partial charge in [-0.2, -0.15) is 0 Å². The fourth-order valence-electron chi connectivity index (χ4n) is 1.72. The van der Waals surface area contributed by atoms with E-state index in [1.165, 1.54) is 4.88 Å². The van der Waals surface area contributed by atoms with Crippen molar-refractivity contribution < 1.29 is 4.79 Å². The summed E-state index contributed by atoms with van der Waals surface area (Å²) in [5, 5.41) is 2.02. The molecule has 0 aliphatic carbocycles. The fourth-order valence-corrected chi connectivity index (χ4v) is 2.51. The maximum atomic E-state index is 11.9. The van der Waals surface area contributed by atoms with Gasteiger partial charge in [0.25, 0.3) is 5.91 Å². The van der Waals surface area contributed by atoms with Gasteiger partial charge in [0.2, 0.25) is 0 Å². The molecule has 4 heteroatoms. The van der Waals surface area contributed by atoms with Crippen LogP contribution in [-0.4, -0.2) is 5.91 Å². The highest BCUT2D eigenvalue weighted by Gasteiger charge is 2.12. The van der Waals surface area contributed by atoms with E-state index in [9.17, 15) is 4.79 Å². The number of nitrogens with one attached hydrogen (secondary N) is 2. The van der Waals surface area contributed by atoms with Crippen molar-refractivity contribution in [3.05, 3.63) is 70.9 Å². The van der Waals surface area contributed by atoms with Gasteiger partial charge >= 0.3 is 0 Å². The lowest BCUT2D eigenvalue weighted by Crippen LogP contribution is -2.39. The largest absolute Gasteiger partial charge is 0.287 e. The SMILES string of the molecule is C=CC[C@H](NNC(=O)c1ccccc1)c1cccs1. The minimum absolute atomic E-state index is 0.0603. The molecule has 2 N–H and O–H groups in total. The van der Waals surface area contributed by atoms with Crippen LogP contribution in [0.5, 0.6) is 0 Å². The molecule has 19 heavy (non-hydrogen) atoms. The first-order valence-corrected chi connectivity index (χ1v) is 6.94. The van der Waals surface area contributed by atoms with E-state index in [0.29, 0.717) is 5.56 Å². The van der Waals surface area contributed by atoms with Crippen LogP contribution < -0.4 is 10.9 Å². The molecule has 2 aromatic rings. The van der Waals surface area contributed by atoms with E-state index in [1.807, 2.05) is 41.8 Å². The van der Waals surface area contributed by atoms with Crippen molar-refractivity contribution in [2.75, 3.05) is 0 Å². The Kier molecular flexibility index (Phi) is 4.89. The standard InChI is InChI=1S/C15H16N2OS/c1-2-7-13(14-10-6-11-19-14)16-17-15(18)12-8-4-3-5-9-12/h2-6,8-11,13,16H,1,7H2,(H,17,18)/t13-/m0/s1. The topological polar surface area (TPSA) is 41.1 Å². The highest BCUT2D eigenvalue weighted by molar-refractivity contribution is 7.10. The summed E-state index contributed by atoms with van der Waals surface area (Å²) in [5.74, 6) is -0.133. The zero-order valence-electron chi connectivity index (χ0n) is 10.5. The molecule has 0 spiro atoms. The van der Waals surface area contributed by atoms with E-state index in [-0.39, 0.29) is 11.9 Å². The number of hydrogen-bond donors (Lipinski definition) is 2. The summed E-state index contributed by atoms with van der Waals surface area (Å²) in [6.07, 6.45) is 2.60. The third-order valence-corrected chi connectivity index (χ3v) is 3.67. The lowest BCUT2D eigenvalue weighted by atomic mass is 10.2. The third kappa shape index (κ3) is 3.77. The minimum atomic E-state index is -0.133. The second kappa shape index (κ2) is 6.87. The monoisotopic (exact) mass is 272 g/mol. The highest BCUT2D eigenvalue weighted by Crippen LogP contribution is 2.21. The van der Waals surface area contributed by atoms with Crippen LogP contribution in [0, 0.1) is 0 Å². The molecule has 1 atom stereocenters. The van der Waals surface area contributed by atoms with Gasteiger partial charge in [0, 0.05) is 10.4 Å². The molecule has 0 aliphatic rings. The van der Waals surface area contributed by atoms with Crippen molar-refractivity contribution in [1.29, 1.82) is 0 Å². The fraction of sp³-hybridized carbons (Fsp3) is 0.133. The number of benzene rings is 1. The molecule has 1 aromatic heterocycles. The molecule has 2 rings (SSSR count). The van der Waals surface area contributed by atoms with Crippen LogP contribution in [0.1, 0.15) is 27.7 Å². The second-order valence-electron chi connectivity index (χ2n) is 4.06. The van der Waals surface area contributed by atoms with Gasteiger partial charge in [0.15, 0.2) is 0 Å². The van der Waals surface area contributed by atoms with Gasteiger partial charge < -0.3 is 0 Å². The van der Waals surface area contributed by atoms with Crippen LogP contribution in [0.4, 0.5) is 0 Å². The number of hydrazine groups is 1. The lowest BCUT2D eigenvalue weighted by molar-refractivity contribution is 0.0925. The number of hydrogen-bond acceptors (Lipinski definition) is 3. The Balaban J connectivity index is 1.96. The maximum absolute atomic E-state index is 11.9. The van der Waals surface area contributed by atoms with Gasteiger partial charge in [-0.15, -0.1) is 17.9 Å². The average Bonchev–Trinajstić information content (AvgIpc) is 2.98.